The van der Waals surface area contributed by atoms with Gasteiger partial charge in [-0.25, -0.2) is 0 Å². The first-order valence-corrected chi connectivity index (χ1v) is 10.9. The van der Waals surface area contributed by atoms with Crippen LogP contribution in [0.1, 0.15) is 78.6 Å². The molecule has 4 saturated carbocycles. The van der Waals surface area contributed by atoms with Gasteiger partial charge in [0.25, 0.3) is 0 Å². The van der Waals surface area contributed by atoms with Crippen LogP contribution in [0.15, 0.2) is 0 Å². The van der Waals surface area contributed by atoms with Crippen LogP contribution in [0.25, 0.3) is 0 Å². The van der Waals surface area contributed by atoms with Gasteiger partial charge in [-0.3, -0.25) is 9.59 Å². The van der Waals surface area contributed by atoms with Gasteiger partial charge in [-0.2, -0.15) is 0 Å². The number of methoxy groups -OCH3 is 1. The lowest BCUT2D eigenvalue weighted by Gasteiger charge is -2.60. The third-order valence-electron chi connectivity index (χ3n) is 9.73. The second-order valence-electron chi connectivity index (χ2n) is 10.4. The molecule has 0 aromatic rings. The van der Waals surface area contributed by atoms with Gasteiger partial charge in [0.1, 0.15) is 5.78 Å². The molecule has 0 aromatic carbocycles. The third kappa shape index (κ3) is 2.52. The molecule has 0 radical (unpaired) electrons. The zero-order chi connectivity index (χ0) is 18.7. The van der Waals surface area contributed by atoms with Gasteiger partial charge in [-0.1, -0.05) is 20.8 Å². The Hall–Kier alpha value is -0.860. The number of hydrogen-bond donors (Lipinski definition) is 0. The summed E-state index contributed by atoms with van der Waals surface area (Å²) in [4.78, 5) is 24.2. The highest BCUT2D eigenvalue weighted by molar-refractivity contribution is 5.79. The van der Waals surface area contributed by atoms with Crippen molar-refractivity contribution in [3.05, 3.63) is 0 Å². The van der Waals surface area contributed by atoms with Crippen molar-refractivity contribution in [2.45, 2.75) is 78.6 Å². The molecule has 3 heteroatoms. The molecule has 4 fully saturated rings. The Morgan fingerprint density at radius 3 is 2.50 bits per heavy atom. The molecular formula is C23H36O3. The Balaban J connectivity index is 1.58. The molecule has 0 aliphatic heterocycles. The molecule has 146 valence electrons. The van der Waals surface area contributed by atoms with E-state index in [1.807, 2.05) is 0 Å². The van der Waals surface area contributed by atoms with E-state index in [4.69, 9.17) is 4.74 Å². The summed E-state index contributed by atoms with van der Waals surface area (Å²) < 4.78 is 5.08. The van der Waals surface area contributed by atoms with Crippen molar-refractivity contribution in [3.63, 3.8) is 0 Å². The molecule has 0 spiro atoms. The maximum Gasteiger partial charge on any atom is 0.308 e. The van der Waals surface area contributed by atoms with E-state index in [9.17, 15) is 9.59 Å². The number of rotatable bonds is 2. The Morgan fingerprint density at radius 1 is 1.04 bits per heavy atom. The second-order valence-corrected chi connectivity index (χ2v) is 10.4. The van der Waals surface area contributed by atoms with Crippen molar-refractivity contribution in [1.82, 2.24) is 0 Å². The summed E-state index contributed by atoms with van der Waals surface area (Å²) in [7, 11) is 1.52. The van der Waals surface area contributed by atoms with Crippen molar-refractivity contribution >= 4 is 11.8 Å². The zero-order valence-electron chi connectivity index (χ0n) is 17.1. The van der Waals surface area contributed by atoms with Crippen molar-refractivity contribution in [2.75, 3.05) is 7.11 Å². The van der Waals surface area contributed by atoms with E-state index in [1.165, 1.54) is 45.6 Å². The van der Waals surface area contributed by atoms with E-state index >= 15 is 0 Å². The predicted octanol–water partition coefficient (Wildman–Crippen LogP) is 5.02. The summed E-state index contributed by atoms with van der Waals surface area (Å²) in [6.45, 7) is 7.07. The molecule has 4 aliphatic rings. The number of hydrogen-bond acceptors (Lipinski definition) is 3. The molecule has 4 aliphatic carbocycles. The first-order chi connectivity index (χ1) is 12.3. The molecule has 0 saturated heterocycles. The highest BCUT2D eigenvalue weighted by atomic mass is 16.5. The monoisotopic (exact) mass is 360 g/mol. The number of fused-ring (bicyclic) bond motifs is 5. The normalized spacial score (nSPS) is 48.9. The zero-order valence-corrected chi connectivity index (χ0v) is 17.1. The first kappa shape index (κ1) is 18.5. The quantitative estimate of drug-likeness (QED) is 0.649. The summed E-state index contributed by atoms with van der Waals surface area (Å²) in [6, 6.07) is 0. The van der Waals surface area contributed by atoms with E-state index in [1.54, 1.807) is 0 Å². The molecule has 0 amide bonds. The van der Waals surface area contributed by atoms with Crippen LogP contribution in [0.4, 0.5) is 0 Å². The van der Waals surface area contributed by atoms with Crippen molar-refractivity contribution in [1.29, 1.82) is 0 Å². The number of Topliss-reactive ketones (excluding diaryl/α,β-unsaturated/α-hetero) is 1. The van der Waals surface area contributed by atoms with Crippen LogP contribution in [-0.2, 0) is 14.3 Å². The van der Waals surface area contributed by atoms with Crippen LogP contribution in [0.5, 0.6) is 0 Å². The van der Waals surface area contributed by atoms with Gasteiger partial charge in [0.2, 0.25) is 0 Å². The second kappa shape index (κ2) is 6.34. The highest BCUT2D eigenvalue weighted by Gasteiger charge is 2.61. The Kier molecular flexibility index (Phi) is 4.51. The lowest BCUT2D eigenvalue weighted by atomic mass is 9.44. The minimum Gasteiger partial charge on any atom is -0.469 e. The van der Waals surface area contributed by atoms with Crippen LogP contribution >= 0.6 is 0 Å². The fourth-order valence-electron chi connectivity index (χ4n) is 8.26. The van der Waals surface area contributed by atoms with E-state index in [0.29, 0.717) is 28.4 Å². The van der Waals surface area contributed by atoms with Crippen LogP contribution in [0, 0.1) is 46.3 Å². The highest BCUT2D eigenvalue weighted by Crippen LogP contribution is 2.68. The summed E-state index contributed by atoms with van der Waals surface area (Å²) in [5.41, 5.74) is 0.673. The number of carbonyl (C=O) groups excluding carboxylic acids is 2. The third-order valence-corrected chi connectivity index (χ3v) is 9.73. The van der Waals surface area contributed by atoms with Crippen molar-refractivity contribution < 1.29 is 14.3 Å². The lowest BCUT2D eigenvalue weighted by Crippen LogP contribution is -2.54. The maximum absolute atomic E-state index is 12.2. The van der Waals surface area contributed by atoms with Gasteiger partial charge >= 0.3 is 5.97 Å². The SMILES string of the molecule is COC(=O)[C@H](C)[C@H]1CC[C@H]2[C@@H]3CC[C@@H]4CC(=O)CC[C@]4(C)[C@H]3CC[C@]12C. The summed E-state index contributed by atoms with van der Waals surface area (Å²) >= 11 is 0. The minimum absolute atomic E-state index is 0.0192. The standard InChI is InChI=1S/C23H36O3/c1-14(21(25)26-4)18-7-8-19-17-6-5-15-13-16(24)9-11-22(15,2)20(17)10-12-23(18,19)3/h14-15,17-20H,5-13H2,1-4H3/t14-,15-,17+,18-,19+,20+,22+,23-/m1/s1. The molecule has 26 heavy (non-hydrogen) atoms. The van der Waals surface area contributed by atoms with Gasteiger partial charge in [0.05, 0.1) is 13.0 Å². The molecule has 0 bridgehead atoms. The Morgan fingerprint density at radius 2 is 1.77 bits per heavy atom. The van der Waals surface area contributed by atoms with Crippen LogP contribution in [0.2, 0.25) is 0 Å². The summed E-state index contributed by atoms with van der Waals surface area (Å²) in [5.74, 6) is 3.94. The number of ether oxygens (including phenoxy) is 1. The van der Waals surface area contributed by atoms with E-state index in [0.717, 1.165) is 37.0 Å². The Labute approximate surface area is 158 Å². The molecule has 3 nitrogen and oxygen atoms in total. The summed E-state index contributed by atoms with van der Waals surface area (Å²) in [5, 5.41) is 0. The van der Waals surface area contributed by atoms with Gasteiger partial charge in [-0.15, -0.1) is 0 Å². The largest absolute Gasteiger partial charge is 0.469 e. The molecule has 4 rings (SSSR count). The molecule has 0 heterocycles. The van der Waals surface area contributed by atoms with Gasteiger partial charge in [0, 0.05) is 12.8 Å². The number of ketones is 1. The van der Waals surface area contributed by atoms with Gasteiger partial charge < -0.3 is 4.74 Å². The first-order valence-electron chi connectivity index (χ1n) is 10.9. The Bertz CT molecular complexity index is 598. The molecule has 0 N–H and O–H groups in total. The topological polar surface area (TPSA) is 43.4 Å². The van der Waals surface area contributed by atoms with Gasteiger partial charge in [-0.05, 0) is 85.4 Å². The molecule has 8 atom stereocenters. The van der Waals surface area contributed by atoms with E-state index < -0.39 is 0 Å². The molecule has 0 aromatic heterocycles. The number of carbonyl (C=O) groups is 2. The molecule has 0 unspecified atom stereocenters. The fourth-order valence-corrected chi connectivity index (χ4v) is 8.26. The van der Waals surface area contributed by atoms with Gasteiger partial charge in [0.15, 0.2) is 0 Å². The average Bonchev–Trinajstić information content (AvgIpc) is 2.98. The van der Waals surface area contributed by atoms with Crippen LogP contribution in [-0.4, -0.2) is 18.9 Å². The van der Waals surface area contributed by atoms with Crippen LogP contribution < -0.4 is 0 Å². The van der Waals surface area contributed by atoms with Crippen LogP contribution in [0.3, 0.4) is 0 Å². The maximum atomic E-state index is 12.2. The van der Waals surface area contributed by atoms with E-state index in [-0.39, 0.29) is 11.9 Å². The molecular weight excluding hydrogens is 324 g/mol. The number of esters is 1. The van der Waals surface area contributed by atoms with E-state index in [2.05, 4.69) is 20.8 Å². The average molecular weight is 361 g/mol. The lowest BCUT2D eigenvalue weighted by molar-refractivity contribution is -0.152. The smallest absolute Gasteiger partial charge is 0.308 e. The predicted molar refractivity (Wildman–Crippen MR) is 101 cm³/mol. The minimum atomic E-state index is -0.0274. The summed E-state index contributed by atoms with van der Waals surface area (Å²) in [6.07, 6.45) is 10.3. The fraction of sp³-hybridized carbons (Fsp3) is 0.913. The van der Waals surface area contributed by atoms with Crippen molar-refractivity contribution in [2.24, 2.45) is 46.3 Å². The van der Waals surface area contributed by atoms with Crippen molar-refractivity contribution in [3.8, 4) is 0 Å².